The summed E-state index contributed by atoms with van der Waals surface area (Å²) in [6, 6.07) is 14.1. The molecule has 0 aromatic heterocycles. The molecule has 7 nitrogen and oxygen atoms in total. The number of carbonyl (C=O) groups is 4. The highest BCUT2D eigenvalue weighted by molar-refractivity contribution is 6.35. The van der Waals surface area contributed by atoms with Gasteiger partial charge in [0.1, 0.15) is 0 Å². The van der Waals surface area contributed by atoms with Gasteiger partial charge in [0.25, 0.3) is 17.7 Å². The van der Waals surface area contributed by atoms with E-state index >= 15 is 0 Å². The number of nitrogens with zero attached hydrogens (tertiary/aromatic N) is 1. The fourth-order valence-electron chi connectivity index (χ4n) is 4.08. The van der Waals surface area contributed by atoms with Crippen LogP contribution >= 0.6 is 0 Å². The Bertz CT molecular complexity index is 1300. The lowest BCUT2D eigenvalue weighted by Crippen LogP contribution is -2.30. The van der Waals surface area contributed by atoms with Crippen molar-refractivity contribution in [1.29, 1.82) is 0 Å². The number of aromatic carboxylic acids is 1. The zero-order valence-corrected chi connectivity index (χ0v) is 17.7. The number of para-hydroxylation sites is 1. The molecular formula is C25H20N2O5. The second-order valence-electron chi connectivity index (χ2n) is 7.76. The van der Waals surface area contributed by atoms with Crippen molar-refractivity contribution >= 4 is 35.1 Å². The first-order chi connectivity index (χ1) is 15.2. The van der Waals surface area contributed by atoms with Crippen molar-refractivity contribution in [2.75, 3.05) is 10.2 Å². The number of fused-ring (bicyclic) bond motifs is 1. The SMILES string of the molecule is Cc1cc(C)c(N2C(=O)c3ccc(C(=O)Nc4ccccc4C(=O)O)cc3C2=O)c(C)c1. The van der Waals surface area contributed by atoms with Crippen molar-refractivity contribution in [1.82, 2.24) is 0 Å². The van der Waals surface area contributed by atoms with Crippen LogP contribution in [0.3, 0.4) is 0 Å². The van der Waals surface area contributed by atoms with Gasteiger partial charge in [-0.2, -0.15) is 0 Å². The highest BCUT2D eigenvalue weighted by atomic mass is 16.4. The molecule has 0 saturated heterocycles. The van der Waals surface area contributed by atoms with E-state index in [0.717, 1.165) is 21.6 Å². The average Bonchev–Trinajstić information content (AvgIpc) is 2.98. The van der Waals surface area contributed by atoms with Gasteiger partial charge in [-0.3, -0.25) is 14.4 Å². The molecule has 4 rings (SSSR count). The minimum atomic E-state index is -1.17. The molecule has 0 unspecified atom stereocenters. The van der Waals surface area contributed by atoms with Crippen molar-refractivity contribution in [2.45, 2.75) is 20.8 Å². The van der Waals surface area contributed by atoms with E-state index in [0.29, 0.717) is 5.69 Å². The number of rotatable bonds is 4. The van der Waals surface area contributed by atoms with Gasteiger partial charge in [0.2, 0.25) is 0 Å². The van der Waals surface area contributed by atoms with E-state index in [2.05, 4.69) is 5.32 Å². The molecule has 0 atom stereocenters. The van der Waals surface area contributed by atoms with E-state index in [9.17, 15) is 24.3 Å². The number of imide groups is 1. The lowest BCUT2D eigenvalue weighted by molar-refractivity contribution is 0.0697. The second-order valence-corrected chi connectivity index (χ2v) is 7.76. The number of hydrogen-bond donors (Lipinski definition) is 2. The molecule has 160 valence electrons. The number of benzene rings is 3. The van der Waals surface area contributed by atoms with Crippen LogP contribution in [0, 0.1) is 20.8 Å². The Morgan fingerprint density at radius 2 is 1.47 bits per heavy atom. The van der Waals surface area contributed by atoms with Crippen molar-refractivity contribution in [3.05, 3.63) is 93.5 Å². The van der Waals surface area contributed by atoms with Gasteiger partial charge in [0.05, 0.1) is 28.1 Å². The van der Waals surface area contributed by atoms with Gasteiger partial charge in [-0.25, -0.2) is 9.69 Å². The first-order valence-electron chi connectivity index (χ1n) is 9.93. The van der Waals surface area contributed by atoms with Crippen molar-refractivity contribution in [2.24, 2.45) is 0 Å². The van der Waals surface area contributed by atoms with Gasteiger partial charge in [0.15, 0.2) is 0 Å². The number of carboxylic acid groups (broad SMARTS) is 1. The third-order valence-electron chi connectivity index (χ3n) is 5.41. The highest BCUT2D eigenvalue weighted by Crippen LogP contribution is 2.34. The summed E-state index contributed by atoms with van der Waals surface area (Å²) in [5, 5.41) is 11.9. The normalized spacial score (nSPS) is 12.7. The Labute approximate surface area is 184 Å². The molecule has 2 N–H and O–H groups in total. The summed E-state index contributed by atoms with van der Waals surface area (Å²) in [5.41, 5.74) is 3.77. The molecule has 0 saturated carbocycles. The molecule has 7 heteroatoms. The lowest BCUT2D eigenvalue weighted by atomic mass is 10.0. The number of hydrogen-bond acceptors (Lipinski definition) is 4. The summed E-state index contributed by atoms with van der Waals surface area (Å²) in [7, 11) is 0. The Hall–Kier alpha value is -4.26. The molecule has 1 aliphatic heterocycles. The molecule has 0 bridgehead atoms. The fourth-order valence-corrected chi connectivity index (χ4v) is 4.08. The Morgan fingerprint density at radius 1 is 0.844 bits per heavy atom. The summed E-state index contributed by atoms with van der Waals surface area (Å²) in [6.45, 7) is 5.63. The largest absolute Gasteiger partial charge is 0.478 e. The van der Waals surface area contributed by atoms with Gasteiger partial charge in [-0.05, 0) is 62.2 Å². The van der Waals surface area contributed by atoms with E-state index in [4.69, 9.17) is 0 Å². The first-order valence-corrected chi connectivity index (χ1v) is 9.93. The van der Waals surface area contributed by atoms with Crippen LogP contribution in [0.4, 0.5) is 11.4 Å². The Balaban J connectivity index is 1.68. The Kier molecular flexibility index (Phi) is 5.10. The Morgan fingerprint density at radius 3 is 2.12 bits per heavy atom. The minimum absolute atomic E-state index is 0.0511. The van der Waals surface area contributed by atoms with Crippen LogP contribution in [-0.4, -0.2) is 28.8 Å². The van der Waals surface area contributed by atoms with Crippen LogP contribution in [0.1, 0.15) is 58.1 Å². The standard InChI is InChI=1S/C25H20N2O5/c1-13-10-14(2)21(15(3)11-13)27-23(29)17-9-8-16(12-19(17)24(27)30)22(28)26-20-7-5-4-6-18(20)25(31)32/h4-12H,1-3H3,(H,26,28)(H,31,32). The summed E-state index contributed by atoms with van der Waals surface area (Å²) in [5.74, 6) is -2.69. The maximum atomic E-state index is 13.2. The topological polar surface area (TPSA) is 104 Å². The summed E-state index contributed by atoms with van der Waals surface area (Å²) in [6.07, 6.45) is 0. The smallest absolute Gasteiger partial charge is 0.337 e. The summed E-state index contributed by atoms with van der Waals surface area (Å²) in [4.78, 5) is 51.5. The predicted octanol–water partition coefficient (Wildman–Crippen LogP) is 4.36. The molecule has 0 radical (unpaired) electrons. The third-order valence-corrected chi connectivity index (χ3v) is 5.41. The maximum Gasteiger partial charge on any atom is 0.337 e. The van der Waals surface area contributed by atoms with Crippen molar-refractivity contribution < 1.29 is 24.3 Å². The monoisotopic (exact) mass is 428 g/mol. The van der Waals surface area contributed by atoms with Gasteiger partial charge in [-0.15, -0.1) is 0 Å². The predicted molar refractivity (Wildman–Crippen MR) is 120 cm³/mol. The maximum absolute atomic E-state index is 13.2. The first kappa shape index (κ1) is 21.0. The van der Waals surface area contributed by atoms with Crippen LogP contribution in [0.25, 0.3) is 0 Å². The lowest BCUT2D eigenvalue weighted by Gasteiger charge is -2.20. The zero-order valence-electron chi connectivity index (χ0n) is 17.7. The van der Waals surface area contributed by atoms with Crippen LogP contribution in [-0.2, 0) is 0 Å². The van der Waals surface area contributed by atoms with Gasteiger partial charge in [-0.1, -0.05) is 29.8 Å². The number of amides is 3. The minimum Gasteiger partial charge on any atom is -0.478 e. The molecule has 1 aliphatic rings. The van der Waals surface area contributed by atoms with Gasteiger partial charge < -0.3 is 10.4 Å². The van der Waals surface area contributed by atoms with Crippen LogP contribution in [0.5, 0.6) is 0 Å². The molecule has 0 aliphatic carbocycles. The summed E-state index contributed by atoms with van der Waals surface area (Å²) < 4.78 is 0. The van der Waals surface area contributed by atoms with Crippen LogP contribution in [0.15, 0.2) is 54.6 Å². The molecule has 1 heterocycles. The molecular weight excluding hydrogens is 408 g/mol. The molecule has 32 heavy (non-hydrogen) atoms. The van der Waals surface area contributed by atoms with Crippen LogP contribution < -0.4 is 10.2 Å². The number of carboxylic acids is 1. The average molecular weight is 428 g/mol. The molecule has 3 aromatic rings. The number of carbonyl (C=O) groups excluding carboxylic acids is 3. The van der Waals surface area contributed by atoms with Crippen LogP contribution in [0.2, 0.25) is 0 Å². The quantitative estimate of drug-likeness (QED) is 0.601. The molecule has 0 spiro atoms. The van der Waals surface area contributed by atoms with Gasteiger partial charge >= 0.3 is 5.97 Å². The number of anilines is 2. The van der Waals surface area contributed by atoms with E-state index in [1.165, 1.54) is 30.3 Å². The third kappa shape index (κ3) is 3.43. The fraction of sp³-hybridized carbons (Fsp3) is 0.120. The second kappa shape index (κ2) is 7.77. The highest BCUT2D eigenvalue weighted by Gasteiger charge is 2.38. The van der Waals surface area contributed by atoms with Crippen molar-refractivity contribution in [3.8, 4) is 0 Å². The van der Waals surface area contributed by atoms with E-state index in [1.807, 2.05) is 32.9 Å². The molecule has 0 fully saturated rings. The number of aryl methyl sites for hydroxylation is 3. The summed E-state index contributed by atoms with van der Waals surface area (Å²) >= 11 is 0. The van der Waals surface area contributed by atoms with E-state index in [1.54, 1.807) is 12.1 Å². The zero-order chi connectivity index (χ0) is 23.2. The molecule has 3 aromatic carbocycles. The van der Waals surface area contributed by atoms with Gasteiger partial charge in [0, 0.05) is 5.56 Å². The van der Waals surface area contributed by atoms with Crippen molar-refractivity contribution in [3.63, 3.8) is 0 Å². The number of nitrogens with one attached hydrogen (secondary N) is 1. The van der Waals surface area contributed by atoms with E-state index < -0.39 is 23.7 Å². The van der Waals surface area contributed by atoms with E-state index in [-0.39, 0.29) is 27.9 Å². The molecule has 3 amide bonds.